The van der Waals surface area contributed by atoms with Crippen molar-refractivity contribution in [2.24, 2.45) is 0 Å². The van der Waals surface area contributed by atoms with Crippen LogP contribution in [0.2, 0.25) is 0 Å². The van der Waals surface area contributed by atoms with E-state index in [9.17, 15) is 9.18 Å². The molecule has 2 N–H and O–H groups in total. The SMILES string of the molecule is C[C@H]1CN(c2ccc(NC(=O)NCCCOCc3ccco3)cc2F)C[C@H](C)O1. The Bertz CT molecular complexity index is 774. The van der Waals surface area contributed by atoms with Gasteiger partial charge in [0, 0.05) is 31.9 Å². The first-order valence-electron chi connectivity index (χ1n) is 9.86. The summed E-state index contributed by atoms with van der Waals surface area (Å²) in [6.45, 7) is 6.58. The van der Waals surface area contributed by atoms with E-state index in [0.717, 1.165) is 5.76 Å². The van der Waals surface area contributed by atoms with Crippen LogP contribution in [0.25, 0.3) is 0 Å². The van der Waals surface area contributed by atoms with Crippen LogP contribution in [0.4, 0.5) is 20.6 Å². The van der Waals surface area contributed by atoms with Crippen LogP contribution in [0.5, 0.6) is 0 Å². The lowest BCUT2D eigenvalue weighted by atomic mass is 10.2. The number of nitrogens with zero attached hydrogens (tertiary/aromatic N) is 1. The van der Waals surface area contributed by atoms with E-state index in [1.54, 1.807) is 18.4 Å². The van der Waals surface area contributed by atoms with Gasteiger partial charge in [-0.2, -0.15) is 0 Å². The molecule has 29 heavy (non-hydrogen) atoms. The maximum absolute atomic E-state index is 14.6. The molecule has 0 aliphatic carbocycles. The van der Waals surface area contributed by atoms with E-state index in [2.05, 4.69) is 10.6 Å². The third-order valence-corrected chi connectivity index (χ3v) is 4.54. The fourth-order valence-electron chi connectivity index (χ4n) is 3.33. The van der Waals surface area contributed by atoms with Crippen LogP contribution in [-0.4, -0.2) is 44.5 Å². The molecule has 2 aromatic rings. The van der Waals surface area contributed by atoms with Crippen molar-refractivity contribution in [1.29, 1.82) is 0 Å². The molecule has 0 bridgehead atoms. The molecule has 0 unspecified atom stereocenters. The van der Waals surface area contributed by atoms with Gasteiger partial charge in [-0.25, -0.2) is 9.18 Å². The summed E-state index contributed by atoms with van der Waals surface area (Å²) in [6.07, 6.45) is 2.35. The van der Waals surface area contributed by atoms with Crippen molar-refractivity contribution in [3.8, 4) is 0 Å². The average molecular weight is 405 g/mol. The lowest BCUT2D eigenvalue weighted by molar-refractivity contribution is -0.00539. The summed E-state index contributed by atoms with van der Waals surface area (Å²) in [4.78, 5) is 14.0. The number of urea groups is 1. The van der Waals surface area contributed by atoms with E-state index >= 15 is 0 Å². The van der Waals surface area contributed by atoms with E-state index in [-0.39, 0.29) is 24.1 Å². The van der Waals surface area contributed by atoms with Crippen molar-refractivity contribution in [3.05, 3.63) is 48.2 Å². The molecule has 2 amide bonds. The Morgan fingerprint density at radius 1 is 1.28 bits per heavy atom. The predicted octanol–water partition coefficient (Wildman–Crippen LogP) is 3.76. The van der Waals surface area contributed by atoms with Gasteiger partial charge in [0.05, 0.1) is 24.2 Å². The molecule has 0 spiro atoms. The summed E-state index contributed by atoms with van der Waals surface area (Å²) in [5.74, 6) is 0.401. The zero-order valence-corrected chi connectivity index (χ0v) is 16.8. The number of anilines is 2. The maximum Gasteiger partial charge on any atom is 0.319 e. The van der Waals surface area contributed by atoms with Crippen LogP contribution in [0.1, 0.15) is 26.0 Å². The summed E-state index contributed by atoms with van der Waals surface area (Å²) in [6, 6.07) is 8.01. The minimum atomic E-state index is -0.378. The molecule has 1 fully saturated rings. The maximum atomic E-state index is 14.6. The van der Waals surface area contributed by atoms with E-state index in [1.165, 1.54) is 6.07 Å². The van der Waals surface area contributed by atoms with Gasteiger partial charge >= 0.3 is 6.03 Å². The normalized spacial score (nSPS) is 19.2. The smallest absolute Gasteiger partial charge is 0.319 e. The summed E-state index contributed by atoms with van der Waals surface area (Å²) in [5.41, 5.74) is 0.929. The number of rotatable bonds is 8. The van der Waals surface area contributed by atoms with Gasteiger partial charge in [-0.05, 0) is 50.6 Å². The van der Waals surface area contributed by atoms with Crippen LogP contribution in [0.15, 0.2) is 41.0 Å². The summed E-state index contributed by atoms with van der Waals surface area (Å²) in [5, 5.41) is 5.39. The predicted molar refractivity (Wildman–Crippen MR) is 109 cm³/mol. The number of hydrogen-bond donors (Lipinski definition) is 2. The van der Waals surface area contributed by atoms with Gasteiger partial charge in [-0.3, -0.25) is 0 Å². The van der Waals surface area contributed by atoms with Crippen LogP contribution < -0.4 is 15.5 Å². The summed E-state index contributed by atoms with van der Waals surface area (Å²) in [7, 11) is 0. The number of carbonyl (C=O) groups excluding carboxylic acids is 1. The Hall–Kier alpha value is -2.58. The lowest BCUT2D eigenvalue weighted by Gasteiger charge is -2.37. The Balaban J connectivity index is 1.39. The molecule has 1 aromatic heterocycles. The first-order chi connectivity index (χ1) is 14.0. The fourth-order valence-corrected chi connectivity index (χ4v) is 3.33. The van der Waals surface area contributed by atoms with Crippen molar-refractivity contribution in [3.63, 3.8) is 0 Å². The van der Waals surface area contributed by atoms with Gasteiger partial charge < -0.3 is 29.4 Å². The molecule has 8 heteroatoms. The zero-order chi connectivity index (χ0) is 20.6. The second kappa shape index (κ2) is 10.3. The molecule has 1 aliphatic heterocycles. The number of halogens is 1. The Labute approximate surface area is 170 Å². The van der Waals surface area contributed by atoms with Gasteiger partial charge in [-0.1, -0.05) is 0 Å². The number of benzene rings is 1. The highest BCUT2D eigenvalue weighted by molar-refractivity contribution is 5.89. The minimum Gasteiger partial charge on any atom is -0.467 e. The number of ether oxygens (including phenoxy) is 2. The lowest BCUT2D eigenvalue weighted by Crippen LogP contribution is -2.45. The second-order valence-electron chi connectivity index (χ2n) is 7.19. The molecule has 158 valence electrons. The highest BCUT2D eigenvalue weighted by atomic mass is 19.1. The van der Waals surface area contributed by atoms with E-state index in [0.29, 0.717) is 50.6 Å². The van der Waals surface area contributed by atoms with E-state index in [1.807, 2.05) is 30.9 Å². The third kappa shape index (κ3) is 6.47. The van der Waals surface area contributed by atoms with Crippen molar-refractivity contribution >= 4 is 17.4 Å². The van der Waals surface area contributed by atoms with Gasteiger partial charge in [-0.15, -0.1) is 0 Å². The van der Waals surface area contributed by atoms with E-state index < -0.39 is 0 Å². The number of carbonyl (C=O) groups is 1. The van der Waals surface area contributed by atoms with Crippen LogP contribution >= 0.6 is 0 Å². The molecular weight excluding hydrogens is 377 g/mol. The van der Waals surface area contributed by atoms with Gasteiger partial charge in [0.2, 0.25) is 0 Å². The number of nitrogens with one attached hydrogen (secondary N) is 2. The fraction of sp³-hybridized carbons (Fsp3) is 0.476. The Morgan fingerprint density at radius 2 is 2.07 bits per heavy atom. The van der Waals surface area contributed by atoms with Crippen molar-refractivity contribution in [1.82, 2.24) is 5.32 Å². The van der Waals surface area contributed by atoms with Crippen molar-refractivity contribution in [2.75, 3.05) is 36.5 Å². The topological polar surface area (TPSA) is 76.0 Å². The van der Waals surface area contributed by atoms with Crippen LogP contribution in [0, 0.1) is 5.82 Å². The Morgan fingerprint density at radius 3 is 2.76 bits per heavy atom. The second-order valence-corrected chi connectivity index (χ2v) is 7.19. The molecule has 2 atom stereocenters. The zero-order valence-electron chi connectivity index (χ0n) is 16.8. The van der Waals surface area contributed by atoms with Gasteiger partial charge in [0.1, 0.15) is 18.2 Å². The average Bonchev–Trinajstić information content (AvgIpc) is 3.17. The molecule has 3 rings (SSSR count). The number of furan rings is 1. The molecule has 0 radical (unpaired) electrons. The largest absolute Gasteiger partial charge is 0.467 e. The first kappa shape index (κ1) is 21.1. The number of amides is 2. The summed E-state index contributed by atoms with van der Waals surface area (Å²) < 4.78 is 30.9. The molecule has 1 aliphatic rings. The molecular formula is C21H28FN3O4. The summed E-state index contributed by atoms with van der Waals surface area (Å²) >= 11 is 0. The molecule has 1 aromatic carbocycles. The third-order valence-electron chi connectivity index (χ3n) is 4.54. The number of hydrogen-bond acceptors (Lipinski definition) is 5. The Kier molecular flexibility index (Phi) is 7.48. The van der Waals surface area contributed by atoms with Crippen molar-refractivity contribution < 1.29 is 23.1 Å². The standard InChI is InChI=1S/C21H28FN3O4/c1-15-12-25(13-16(2)29-15)20-7-6-17(11-19(20)22)24-21(26)23-8-4-9-27-14-18-5-3-10-28-18/h3,5-7,10-11,15-16H,4,8-9,12-14H2,1-2H3,(H2,23,24,26)/t15-,16-/m0/s1. The van der Waals surface area contributed by atoms with Crippen LogP contribution in [-0.2, 0) is 16.1 Å². The van der Waals surface area contributed by atoms with Gasteiger partial charge in [0.15, 0.2) is 0 Å². The monoisotopic (exact) mass is 405 g/mol. The molecule has 7 nitrogen and oxygen atoms in total. The first-order valence-corrected chi connectivity index (χ1v) is 9.86. The molecule has 1 saturated heterocycles. The van der Waals surface area contributed by atoms with E-state index in [4.69, 9.17) is 13.9 Å². The molecule has 0 saturated carbocycles. The highest BCUT2D eigenvalue weighted by Gasteiger charge is 2.24. The number of morpholine rings is 1. The van der Waals surface area contributed by atoms with Crippen molar-refractivity contribution in [2.45, 2.75) is 39.1 Å². The van der Waals surface area contributed by atoms with Crippen LogP contribution in [0.3, 0.4) is 0 Å². The highest BCUT2D eigenvalue weighted by Crippen LogP contribution is 2.26. The molecule has 2 heterocycles. The van der Waals surface area contributed by atoms with Gasteiger partial charge in [0.25, 0.3) is 0 Å². The quantitative estimate of drug-likeness (QED) is 0.654. The minimum absolute atomic E-state index is 0.0461.